The van der Waals surface area contributed by atoms with E-state index < -0.39 is 0 Å². The maximum absolute atomic E-state index is 13.7. The second-order valence-electron chi connectivity index (χ2n) is 7.91. The maximum atomic E-state index is 13.7. The Hall–Kier alpha value is -1.36. The van der Waals surface area contributed by atoms with Crippen molar-refractivity contribution < 1.29 is 4.39 Å². The summed E-state index contributed by atoms with van der Waals surface area (Å²) in [5.74, 6) is 1.39. The second-order valence-corrected chi connectivity index (χ2v) is 7.91. The van der Waals surface area contributed by atoms with Gasteiger partial charge in [-0.1, -0.05) is 83.6 Å². The van der Waals surface area contributed by atoms with Crippen molar-refractivity contribution in [2.45, 2.75) is 90.4 Å². The van der Waals surface area contributed by atoms with Gasteiger partial charge in [0.05, 0.1) is 5.56 Å². The lowest BCUT2D eigenvalue weighted by Gasteiger charge is -2.28. The van der Waals surface area contributed by atoms with Gasteiger partial charge in [0.15, 0.2) is 0 Å². The van der Waals surface area contributed by atoms with Gasteiger partial charge >= 0.3 is 0 Å². The van der Waals surface area contributed by atoms with E-state index in [2.05, 4.69) is 6.92 Å². The molecule has 0 bridgehead atoms. The highest BCUT2D eigenvalue weighted by Crippen LogP contribution is 2.34. The third-order valence-electron chi connectivity index (χ3n) is 5.93. The number of hydrogen-bond acceptors (Lipinski definition) is 1. The molecule has 0 unspecified atom stereocenters. The smallest absolute Gasteiger partial charge is 0.141 e. The van der Waals surface area contributed by atoms with Gasteiger partial charge in [0.2, 0.25) is 0 Å². The molecule has 25 heavy (non-hydrogen) atoms. The van der Waals surface area contributed by atoms with Gasteiger partial charge in [0, 0.05) is 0 Å². The molecule has 1 aromatic rings. The molecule has 0 radical (unpaired) electrons. The van der Waals surface area contributed by atoms with E-state index in [0.29, 0.717) is 0 Å². The highest BCUT2D eigenvalue weighted by molar-refractivity contribution is 5.33. The van der Waals surface area contributed by atoms with E-state index in [0.717, 1.165) is 30.2 Å². The minimum Gasteiger partial charge on any atom is -0.206 e. The molecule has 1 aromatic carbocycles. The quantitative estimate of drug-likeness (QED) is 0.412. The van der Waals surface area contributed by atoms with Crippen LogP contribution in [0.15, 0.2) is 18.2 Å². The molecule has 0 heterocycles. The van der Waals surface area contributed by atoms with Crippen LogP contribution in [0.3, 0.4) is 0 Å². The fourth-order valence-corrected chi connectivity index (χ4v) is 4.20. The molecule has 2 heteroatoms. The van der Waals surface area contributed by atoms with Gasteiger partial charge in [-0.2, -0.15) is 5.26 Å². The Bertz CT molecular complexity index is 538. The standard InChI is InChI=1S/C23H34FN/c1-2-3-4-5-6-7-8-19-9-11-20(12-10-19)13-14-21-15-16-22(18-25)23(24)17-21/h15-17,19-20H,2-14H2,1H3/t19-,20-. The average Bonchev–Trinajstić information content (AvgIpc) is 2.64. The summed E-state index contributed by atoms with van der Waals surface area (Å²) < 4.78 is 13.7. The predicted molar refractivity (Wildman–Crippen MR) is 103 cm³/mol. The van der Waals surface area contributed by atoms with Gasteiger partial charge in [-0.25, -0.2) is 4.39 Å². The van der Waals surface area contributed by atoms with E-state index in [1.54, 1.807) is 12.1 Å². The summed E-state index contributed by atoms with van der Waals surface area (Å²) in [6, 6.07) is 6.95. The molecule has 0 saturated heterocycles. The van der Waals surface area contributed by atoms with Crippen molar-refractivity contribution in [3.63, 3.8) is 0 Å². The highest BCUT2D eigenvalue weighted by atomic mass is 19.1. The van der Waals surface area contributed by atoms with Crippen molar-refractivity contribution in [2.24, 2.45) is 11.8 Å². The highest BCUT2D eigenvalue weighted by Gasteiger charge is 2.20. The van der Waals surface area contributed by atoms with E-state index in [9.17, 15) is 4.39 Å². The first-order valence-electron chi connectivity index (χ1n) is 10.4. The molecule has 0 aliphatic heterocycles. The molecular weight excluding hydrogens is 309 g/mol. The number of hydrogen-bond donors (Lipinski definition) is 0. The van der Waals surface area contributed by atoms with Crippen molar-refractivity contribution in [3.8, 4) is 6.07 Å². The lowest BCUT2D eigenvalue weighted by atomic mass is 9.77. The van der Waals surface area contributed by atoms with Crippen LogP contribution in [0.25, 0.3) is 0 Å². The number of halogens is 1. The van der Waals surface area contributed by atoms with Gasteiger partial charge in [0.1, 0.15) is 11.9 Å². The Kier molecular flexibility index (Phi) is 9.02. The molecule has 1 nitrogen and oxygen atoms in total. The third kappa shape index (κ3) is 7.18. The number of benzene rings is 1. The van der Waals surface area contributed by atoms with Crippen LogP contribution in [0.2, 0.25) is 0 Å². The first kappa shape index (κ1) is 20.0. The van der Waals surface area contributed by atoms with Crippen LogP contribution < -0.4 is 0 Å². The van der Waals surface area contributed by atoms with Crippen molar-refractivity contribution in [3.05, 3.63) is 35.1 Å². The van der Waals surface area contributed by atoms with Crippen molar-refractivity contribution in [1.82, 2.24) is 0 Å². The zero-order valence-corrected chi connectivity index (χ0v) is 15.9. The Morgan fingerprint density at radius 1 is 0.960 bits per heavy atom. The summed E-state index contributed by atoms with van der Waals surface area (Å²) >= 11 is 0. The second kappa shape index (κ2) is 11.3. The fraction of sp³-hybridized carbons (Fsp3) is 0.696. The monoisotopic (exact) mass is 343 g/mol. The van der Waals surface area contributed by atoms with Gasteiger partial charge in [-0.3, -0.25) is 0 Å². The van der Waals surface area contributed by atoms with Gasteiger partial charge in [0.25, 0.3) is 0 Å². The number of aryl methyl sites for hydroxylation is 1. The lowest BCUT2D eigenvalue weighted by molar-refractivity contribution is 0.248. The molecule has 138 valence electrons. The van der Waals surface area contributed by atoms with Crippen LogP contribution in [0.5, 0.6) is 0 Å². The number of nitrogens with zero attached hydrogens (tertiary/aromatic N) is 1. The molecule has 0 amide bonds. The largest absolute Gasteiger partial charge is 0.206 e. The third-order valence-corrected chi connectivity index (χ3v) is 5.93. The molecule has 1 aliphatic carbocycles. The van der Waals surface area contributed by atoms with Crippen LogP contribution in [0.4, 0.5) is 4.39 Å². The lowest BCUT2D eigenvalue weighted by Crippen LogP contribution is -2.15. The van der Waals surface area contributed by atoms with Crippen molar-refractivity contribution in [1.29, 1.82) is 5.26 Å². The van der Waals surface area contributed by atoms with Crippen LogP contribution in [-0.2, 0) is 6.42 Å². The summed E-state index contributed by atoms with van der Waals surface area (Å²) in [6.07, 6.45) is 17.4. The first-order valence-corrected chi connectivity index (χ1v) is 10.4. The summed E-state index contributed by atoms with van der Waals surface area (Å²) in [6.45, 7) is 2.27. The Morgan fingerprint density at radius 3 is 2.24 bits per heavy atom. The zero-order valence-electron chi connectivity index (χ0n) is 15.9. The van der Waals surface area contributed by atoms with Gasteiger partial charge in [-0.05, 0) is 42.4 Å². The molecule has 0 N–H and O–H groups in total. The summed E-state index contributed by atoms with van der Waals surface area (Å²) in [7, 11) is 0. The van der Waals surface area contributed by atoms with Crippen molar-refractivity contribution in [2.75, 3.05) is 0 Å². The molecule has 0 aromatic heterocycles. The molecule has 1 fully saturated rings. The SMILES string of the molecule is CCCCCCCC[C@H]1CC[C@H](CCc2ccc(C#N)c(F)c2)CC1. The maximum Gasteiger partial charge on any atom is 0.141 e. The normalized spacial score (nSPS) is 20.4. The van der Waals surface area contributed by atoms with Crippen LogP contribution >= 0.6 is 0 Å². The van der Waals surface area contributed by atoms with E-state index in [-0.39, 0.29) is 11.4 Å². The molecule has 0 spiro atoms. The number of nitriles is 1. The topological polar surface area (TPSA) is 23.8 Å². The number of rotatable bonds is 10. The Labute approximate surface area is 153 Å². The first-order chi connectivity index (χ1) is 12.2. The number of unbranched alkanes of at least 4 members (excludes halogenated alkanes) is 5. The molecule has 2 rings (SSSR count). The summed E-state index contributed by atoms with van der Waals surface area (Å²) in [4.78, 5) is 0. The summed E-state index contributed by atoms with van der Waals surface area (Å²) in [5, 5.41) is 8.79. The van der Waals surface area contributed by atoms with E-state index >= 15 is 0 Å². The van der Waals surface area contributed by atoms with E-state index in [4.69, 9.17) is 5.26 Å². The average molecular weight is 344 g/mol. The minimum atomic E-state index is -0.373. The summed E-state index contributed by atoms with van der Waals surface area (Å²) in [5.41, 5.74) is 1.18. The molecule has 1 aliphatic rings. The van der Waals surface area contributed by atoms with E-state index in [1.807, 2.05) is 12.1 Å². The van der Waals surface area contributed by atoms with Gasteiger partial charge in [-0.15, -0.1) is 0 Å². The predicted octanol–water partition coefficient (Wildman–Crippen LogP) is 7.19. The van der Waals surface area contributed by atoms with Crippen LogP contribution in [0, 0.1) is 29.0 Å². The molecule has 0 atom stereocenters. The molecular formula is C23H34FN. The van der Waals surface area contributed by atoms with Crippen LogP contribution in [-0.4, -0.2) is 0 Å². The Morgan fingerprint density at radius 2 is 1.60 bits per heavy atom. The van der Waals surface area contributed by atoms with E-state index in [1.165, 1.54) is 70.6 Å². The zero-order chi connectivity index (χ0) is 17.9. The Balaban J connectivity index is 1.59. The molecule has 1 saturated carbocycles. The van der Waals surface area contributed by atoms with Gasteiger partial charge < -0.3 is 0 Å². The fourth-order valence-electron chi connectivity index (χ4n) is 4.20. The van der Waals surface area contributed by atoms with Crippen LogP contribution in [0.1, 0.15) is 95.1 Å². The minimum absolute atomic E-state index is 0.152. The van der Waals surface area contributed by atoms with Crippen molar-refractivity contribution >= 4 is 0 Å².